The van der Waals surface area contributed by atoms with E-state index in [-0.39, 0.29) is 16.9 Å². The summed E-state index contributed by atoms with van der Waals surface area (Å²) in [5.41, 5.74) is 0.441. The summed E-state index contributed by atoms with van der Waals surface area (Å²) in [5.74, 6) is 0.0949. The lowest BCUT2D eigenvalue weighted by Crippen LogP contribution is -2.48. The quantitative estimate of drug-likeness (QED) is 0.620. The van der Waals surface area contributed by atoms with Gasteiger partial charge in [-0.05, 0) is 26.2 Å². The highest BCUT2D eigenvalue weighted by atomic mass is 16.2. The molecule has 0 saturated carbocycles. The summed E-state index contributed by atoms with van der Waals surface area (Å²) in [6.45, 7) is 12.8. The normalized spacial score (nSPS) is 18.5. The fraction of sp³-hybridized carbons (Fsp3) is 0.692. The fourth-order valence-corrected chi connectivity index (χ4v) is 1.63. The topological polar surface area (TPSA) is 32.7 Å². The minimum atomic E-state index is -0.169. The van der Waals surface area contributed by atoms with E-state index in [9.17, 15) is 4.79 Å². The van der Waals surface area contributed by atoms with Crippen LogP contribution >= 0.6 is 0 Å². The van der Waals surface area contributed by atoms with Crippen molar-refractivity contribution in [2.45, 2.75) is 47.1 Å². The summed E-state index contributed by atoms with van der Waals surface area (Å²) in [7, 11) is 0. The van der Waals surface area contributed by atoms with Gasteiger partial charge in [0.25, 0.3) is 5.91 Å². The van der Waals surface area contributed by atoms with Gasteiger partial charge in [0.15, 0.2) is 0 Å². The van der Waals surface area contributed by atoms with Crippen LogP contribution in [0.4, 0.5) is 0 Å². The Hall–Kier alpha value is -1.12. The third-order valence-electron chi connectivity index (χ3n) is 2.67. The van der Waals surface area contributed by atoms with Crippen LogP contribution in [0.3, 0.4) is 0 Å². The van der Waals surface area contributed by atoms with Gasteiger partial charge in [-0.3, -0.25) is 9.79 Å². The Bertz CT molecular complexity index is 340. The molecule has 16 heavy (non-hydrogen) atoms. The van der Waals surface area contributed by atoms with E-state index in [0.717, 1.165) is 5.57 Å². The molecule has 1 rings (SSSR count). The SMILES string of the molecule is CC(C)(C)C1=CN=CCN(C(C)(C)C)C1=O. The maximum Gasteiger partial charge on any atom is 0.252 e. The van der Waals surface area contributed by atoms with Crippen molar-refractivity contribution in [1.29, 1.82) is 0 Å². The molecule has 1 amide bonds. The number of carbonyl (C=O) groups excluding carboxylic acids is 1. The highest BCUT2D eigenvalue weighted by Crippen LogP contribution is 2.30. The van der Waals surface area contributed by atoms with Crippen LogP contribution in [-0.4, -0.2) is 29.1 Å². The number of hydrogen-bond acceptors (Lipinski definition) is 2. The maximum atomic E-state index is 12.4. The van der Waals surface area contributed by atoms with Gasteiger partial charge < -0.3 is 4.90 Å². The zero-order valence-electron chi connectivity index (χ0n) is 11.2. The summed E-state index contributed by atoms with van der Waals surface area (Å²) in [6, 6.07) is 0. The predicted molar refractivity (Wildman–Crippen MR) is 67.5 cm³/mol. The third kappa shape index (κ3) is 2.71. The molecule has 0 unspecified atom stereocenters. The molecule has 0 aromatic rings. The lowest BCUT2D eigenvalue weighted by atomic mass is 9.85. The number of carbonyl (C=O) groups is 1. The first-order chi connectivity index (χ1) is 7.14. The van der Waals surface area contributed by atoms with Crippen molar-refractivity contribution in [3.05, 3.63) is 11.8 Å². The van der Waals surface area contributed by atoms with Crippen LogP contribution < -0.4 is 0 Å². The molecular weight excluding hydrogens is 200 g/mol. The van der Waals surface area contributed by atoms with Crippen LogP contribution in [0, 0.1) is 5.41 Å². The maximum absolute atomic E-state index is 12.4. The van der Waals surface area contributed by atoms with E-state index in [4.69, 9.17) is 0 Å². The van der Waals surface area contributed by atoms with E-state index in [1.165, 1.54) is 0 Å². The van der Waals surface area contributed by atoms with Crippen LogP contribution in [0.25, 0.3) is 0 Å². The lowest BCUT2D eigenvalue weighted by Gasteiger charge is -2.36. The van der Waals surface area contributed by atoms with Crippen molar-refractivity contribution in [3.8, 4) is 0 Å². The van der Waals surface area contributed by atoms with Gasteiger partial charge in [0, 0.05) is 23.5 Å². The molecule has 0 spiro atoms. The van der Waals surface area contributed by atoms with Crippen molar-refractivity contribution in [2.24, 2.45) is 10.4 Å². The van der Waals surface area contributed by atoms with Gasteiger partial charge in [0.1, 0.15) is 0 Å². The number of rotatable bonds is 0. The molecule has 0 aromatic carbocycles. The molecule has 0 aliphatic carbocycles. The second-order valence-electron chi connectivity index (χ2n) is 6.21. The summed E-state index contributed by atoms with van der Waals surface area (Å²) in [4.78, 5) is 18.5. The first-order valence-corrected chi connectivity index (χ1v) is 5.68. The van der Waals surface area contributed by atoms with E-state index < -0.39 is 0 Å². The number of aliphatic imine (C=N–C) groups is 1. The van der Waals surface area contributed by atoms with E-state index in [1.807, 2.05) is 46.4 Å². The monoisotopic (exact) mass is 222 g/mol. The molecule has 1 heterocycles. The second-order valence-corrected chi connectivity index (χ2v) is 6.21. The molecule has 0 atom stereocenters. The number of hydrogen-bond donors (Lipinski definition) is 0. The Labute approximate surface area is 98.2 Å². The van der Waals surface area contributed by atoms with Gasteiger partial charge in [0.05, 0.1) is 6.54 Å². The van der Waals surface area contributed by atoms with Gasteiger partial charge in [-0.1, -0.05) is 20.8 Å². The average molecular weight is 222 g/mol. The Morgan fingerprint density at radius 2 is 1.75 bits per heavy atom. The van der Waals surface area contributed by atoms with E-state index in [0.29, 0.717) is 6.54 Å². The highest BCUT2D eigenvalue weighted by Gasteiger charge is 2.33. The lowest BCUT2D eigenvalue weighted by molar-refractivity contribution is -0.131. The summed E-state index contributed by atoms with van der Waals surface area (Å²) in [5, 5.41) is 0. The highest BCUT2D eigenvalue weighted by molar-refractivity contribution is 5.97. The first-order valence-electron chi connectivity index (χ1n) is 5.68. The third-order valence-corrected chi connectivity index (χ3v) is 2.67. The molecule has 1 aliphatic heterocycles. The molecule has 0 fully saturated rings. The van der Waals surface area contributed by atoms with Crippen LogP contribution in [-0.2, 0) is 4.79 Å². The molecule has 1 aliphatic rings. The molecule has 0 saturated heterocycles. The van der Waals surface area contributed by atoms with E-state index in [1.54, 1.807) is 12.4 Å². The minimum Gasteiger partial charge on any atom is -0.329 e. The Balaban J connectivity index is 3.11. The van der Waals surface area contributed by atoms with Crippen LogP contribution in [0.5, 0.6) is 0 Å². The molecule has 0 N–H and O–H groups in total. The van der Waals surface area contributed by atoms with Gasteiger partial charge in [0.2, 0.25) is 0 Å². The first kappa shape index (κ1) is 12.9. The molecule has 0 aromatic heterocycles. The molecule has 0 radical (unpaired) electrons. The Morgan fingerprint density at radius 3 is 2.19 bits per heavy atom. The van der Waals surface area contributed by atoms with Crippen molar-refractivity contribution in [2.75, 3.05) is 6.54 Å². The predicted octanol–water partition coefficient (Wildman–Crippen LogP) is 2.63. The minimum absolute atomic E-state index is 0.0949. The van der Waals surface area contributed by atoms with Crippen molar-refractivity contribution < 1.29 is 4.79 Å². The molecule has 3 nitrogen and oxygen atoms in total. The summed E-state index contributed by atoms with van der Waals surface area (Å²) < 4.78 is 0. The van der Waals surface area contributed by atoms with Crippen molar-refractivity contribution >= 4 is 12.1 Å². The fourth-order valence-electron chi connectivity index (χ4n) is 1.63. The summed E-state index contributed by atoms with van der Waals surface area (Å²) in [6.07, 6.45) is 3.50. The van der Waals surface area contributed by atoms with Crippen molar-refractivity contribution in [3.63, 3.8) is 0 Å². The summed E-state index contributed by atoms with van der Waals surface area (Å²) >= 11 is 0. The average Bonchev–Trinajstić information content (AvgIpc) is 2.23. The van der Waals surface area contributed by atoms with Crippen molar-refractivity contribution in [1.82, 2.24) is 4.90 Å². The van der Waals surface area contributed by atoms with Gasteiger partial charge in [-0.15, -0.1) is 0 Å². The zero-order chi connectivity index (χ0) is 12.6. The largest absolute Gasteiger partial charge is 0.329 e. The molecule has 3 heteroatoms. The molecule has 0 bridgehead atoms. The smallest absolute Gasteiger partial charge is 0.252 e. The Kier molecular flexibility index (Phi) is 3.27. The zero-order valence-corrected chi connectivity index (χ0v) is 11.2. The number of nitrogens with zero attached hydrogens (tertiary/aromatic N) is 2. The number of amides is 1. The van der Waals surface area contributed by atoms with Crippen LogP contribution in [0.2, 0.25) is 0 Å². The molecular formula is C13H22N2O. The van der Waals surface area contributed by atoms with E-state index in [2.05, 4.69) is 4.99 Å². The second kappa shape index (κ2) is 4.04. The van der Waals surface area contributed by atoms with Gasteiger partial charge in [-0.25, -0.2) is 0 Å². The standard InChI is InChI=1S/C13H22N2O/c1-12(2,3)10-9-14-7-8-15(11(10)16)13(4,5)6/h7,9H,8H2,1-6H3. The Morgan fingerprint density at radius 1 is 1.19 bits per heavy atom. The molecule has 90 valence electrons. The van der Waals surface area contributed by atoms with Crippen LogP contribution in [0.1, 0.15) is 41.5 Å². The van der Waals surface area contributed by atoms with Gasteiger partial charge in [-0.2, -0.15) is 0 Å². The van der Waals surface area contributed by atoms with E-state index >= 15 is 0 Å². The van der Waals surface area contributed by atoms with Gasteiger partial charge >= 0.3 is 0 Å². The van der Waals surface area contributed by atoms with Crippen LogP contribution in [0.15, 0.2) is 16.8 Å².